The number of nitro groups is 1. The third-order valence-electron chi connectivity index (χ3n) is 3.19. The summed E-state index contributed by atoms with van der Waals surface area (Å²) in [4.78, 5) is 15.2. The van der Waals surface area contributed by atoms with Crippen LogP contribution in [0.3, 0.4) is 0 Å². The van der Waals surface area contributed by atoms with E-state index in [9.17, 15) is 10.1 Å². The van der Waals surface area contributed by atoms with Crippen molar-refractivity contribution in [2.24, 2.45) is 0 Å². The van der Waals surface area contributed by atoms with Crippen LogP contribution in [0.4, 0.5) is 5.82 Å². The van der Waals surface area contributed by atoms with Gasteiger partial charge in [-0.05, 0) is 46.0 Å². The lowest BCUT2D eigenvalue weighted by Crippen LogP contribution is -1.99. The van der Waals surface area contributed by atoms with Gasteiger partial charge in [-0.3, -0.25) is 0 Å². The zero-order valence-electron chi connectivity index (χ0n) is 10.7. The highest BCUT2D eigenvalue weighted by atomic mass is 32.2. The maximum Gasteiger partial charge on any atom is 0.362 e. The molecule has 9 nitrogen and oxygen atoms in total. The monoisotopic (exact) mass is 303 g/mol. The lowest BCUT2D eigenvalue weighted by Gasteiger charge is -2.00. The molecule has 4 rings (SSSR count). The van der Waals surface area contributed by atoms with Crippen LogP contribution in [0.15, 0.2) is 34.6 Å². The second-order valence-electron chi connectivity index (χ2n) is 4.67. The van der Waals surface area contributed by atoms with Crippen molar-refractivity contribution in [3.63, 3.8) is 0 Å². The highest BCUT2D eigenvalue weighted by molar-refractivity contribution is 7.99. The molecule has 0 bridgehead atoms. The fraction of sp³-hybridized carbons (Fsp3) is 0.273. The summed E-state index contributed by atoms with van der Waals surface area (Å²) < 4.78 is 3.16. The molecule has 1 fully saturated rings. The topological polar surface area (TPSA) is 104 Å². The molecule has 21 heavy (non-hydrogen) atoms. The molecule has 0 radical (unpaired) electrons. The molecule has 0 unspecified atom stereocenters. The average molecular weight is 303 g/mol. The molecule has 0 aliphatic heterocycles. The van der Waals surface area contributed by atoms with Gasteiger partial charge in [-0.1, -0.05) is 6.07 Å². The van der Waals surface area contributed by atoms with Crippen LogP contribution < -0.4 is 0 Å². The molecule has 0 saturated heterocycles. The van der Waals surface area contributed by atoms with Gasteiger partial charge in [0.2, 0.25) is 15.8 Å². The summed E-state index contributed by atoms with van der Waals surface area (Å²) in [6.07, 6.45) is 3.69. The number of hydrogen-bond donors (Lipinski definition) is 0. The van der Waals surface area contributed by atoms with E-state index in [0.29, 0.717) is 21.9 Å². The lowest BCUT2D eigenvalue weighted by molar-refractivity contribution is -0.393. The number of pyridine rings is 1. The molecule has 1 aliphatic rings. The van der Waals surface area contributed by atoms with Gasteiger partial charge in [-0.15, -0.1) is 5.10 Å². The summed E-state index contributed by atoms with van der Waals surface area (Å²) in [6.45, 7) is 0. The first kappa shape index (κ1) is 12.3. The summed E-state index contributed by atoms with van der Waals surface area (Å²) >= 11 is 1.12. The molecule has 3 aromatic heterocycles. The maximum absolute atomic E-state index is 11.3. The van der Waals surface area contributed by atoms with E-state index >= 15 is 0 Å². The van der Waals surface area contributed by atoms with Gasteiger partial charge in [-0.2, -0.15) is 9.38 Å². The highest BCUT2D eigenvalue weighted by Gasteiger charge is 2.30. The summed E-state index contributed by atoms with van der Waals surface area (Å²) in [5, 5.41) is 23.7. The van der Waals surface area contributed by atoms with Crippen LogP contribution in [-0.2, 0) is 0 Å². The van der Waals surface area contributed by atoms with Gasteiger partial charge in [0.15, 0.2) is 0 Å². The molecular weight excluding hydrogens is 294 g/mol. The van der Waals surface area contributed by atoms with E-state index in [-0.39, 0.29) is 5.82 Å². The number of aromatic nitrogens is 6. The van der Waals surface area contributed by atoms with Gasteiger partial charge in [0.05, 0.1) is 12.2 Å². The fourth-order valence-electron chi connectivity index (χ4n) is 2.08. The number of imidazole rings is 1. The Kier molecular flexibility index (Phi) is 2.64. The third-order valence-corrected chi connectivity index (χ3v) is 4.11. The first-order chi connectivity index (χ1) is 10.2. The van der Waals surface area contributed by atoms with Crippen molar-refractivity contribution in [2.45, 2.75) is 29.1 Å². The largest absolute Gasteiger partial charge is 0.362 e. The standard InChI is InChI=1S/C11H9N7O2S/c19-18(20)10-9(12-8-3-1-2-6-16(8)10)21-11-13-14-15-17(11)7-4-5-7/h1-3,6-7H,4-5H2. The number of hydrogen-bond acceptors (Lipinski definition) is 7. The number of tetrazole rings is 1. The van der Waals surface area contributed by atoms with Crippen LogP contribution in [0.5, 0.6) is 0 Å². The van der Waals surface area contributed by atoms with Gasteiger partial charge in [-0.25, -0.2) is 4.68 Å². The van der Waals surface area contributed by atoms with E-state index in [0.717, 1.165) is 24.6 Å². The molecule has 0 atom stereocenters. The average Bonchev–Trinajstić information content (AvgIpc) is 3.09. The van der Waals surface area contributed by atoms with E-state index < -0.39 is 4.92 Å². The van der Waals surface area contributed by atoms with Crippen LogP contribution >= 0.6 is 11.8 Å². The smallest absolute Gasteiger partial charge is 0.358 e. The zero-order valence-corrected chi connectivity index (χ0v) is 11.5. The summed E-state index contributed by atoms with van der Waals surface area (Å²) in [5.41, 5.74) is 0.525. The number of rotatable bonds is 4. The Labute approximate surface area is 122 Å². The molecule has 106 valence electrons. The molecule has 0 spiro atoms. The second-order valence-corrected chi connectivity index (χ2v) is 5.62. The molecule has 3 aromatic rings. The van der Waals surface area contributed by atoms with Crippen molar-refractivity contribution in [1.29, 1.82) is 0 Å². The van der Waals surface area contributed by atoms with E-state index in [2.05, 4.69) is 20.5 Å². The Bertz CT molecular complexity index is 838. The van der Waals surface area contributed by atoms with Gasteiger partial charge in [0, 0.05) is 6.07 Å². The van der Waals surface area contributed by atoms with E-state index in [1.807, 2.05) is 0 Å². The lowest BCUT2D eigenvalue weighted by atomic mass is 10.5. The minimum absolute atomic E-state index is 0.0686. The van der Waals surface area contributed by atoms with Crippen molar-refractivity contribution in [3.05, 3.63) is 34.5 Å². The predicted molar refractivity (Wildman–Crippen MR) is 72.1 cm³/mol. The van der Waals surface area contributed by atoms with E-state index in [1.165, 1.54) is 4.40 Å². The van der Waals surface area contributed by atoms with Crippen LogP contribution in [0.25, 0.3) is 5.65 Å². The summed E-state index contributed by atoms with van der Waals surface area (Å²) in [7, 11) is 0. The molecule has 0 amide bonds. The van der Waals surface area contributed by atoms with Crippen molar-refractivity contribution < 1.29 is 4.92 Å². The zero-order chi connectivity index (χ0) is 14.4. The molecule has 10 heteroatoms. The van der Waals surface area contributed by atoms with Crippen LogP contribution in [0, 0.1) is 10.1 Å². The molecular formula is C11H9N7O2S. The Morgan fingerprint density at radius 2 is 2.24 bits per heavy atom. The van der Waals surface area contributed by atoms with Crippen LogP contribution in [0.2, 0.25) is 0 Å². The van der Waals surface area contributed by atoms with Gasteiger partial charge < -0.3 is 10.1 Å². The first-order valence-corrected chi connectivity index (χ1v) is 7.13. The van der Waals surface area contributed by atoms with Crippen molar-refractivity contribution in [2.75, 3.05) is 0 Å². The third kappa shape index (κ3) is 2.03. The normalized spacial score (nSPS) is 14.7. The van der Waals surface area contributed by atoms with Crippen molar-refractivity contribution in [1.82, 2.24) is 29.6 Å². The Balaban J connectivity index is 1.80. The van der Waals surface area contributed by atoms with Crippen LogP contribution in [-0.4, -0.2) is 34.5 Å². The molecule has 0 aromatic carbocycles. The summed E-state index contributed by atoms with van der Waals surface area (Å²) in [6, 6.07) is 5.54. The van der Waals surface area contributed by atoms with E-state index in [4.69, 9.17) is 0 Å². The Hall–Kier alpha value is -2.49. The second kappa shape index (κ2) is 4.52. The Morgan fingerprint density at radius 1 is 1.38 bits per heavy atom. The summed E-state index contributed by atoms with van der Waals surface area (Å²) in [5.74, 6) is -0.0686. The number of nitrogens with zero attached hydrogens (tertiary/aromatic N) is 7. The van der Waals surface area contributed by atoms with Crippen LogP contribution in [0.1, 0.15) is 18.9 Å². The number of fused-ring (bicyclic) bond motifs is 1. The van der Waals surface area contributed by atoms with E-state index in [1.54, 1.807) is 29.1 Å². The molecule has 1 aliphatic carbocycles. The minimum atomic E-state index is -0.437. The van der Waals surface area contributed by atoms with Gasteiger partial charge in [0.25, 0.3) is 0 Å². The predicted octanol–water partition coefficient (Wildman–Crippen LogP) is 1.72. The van der Waals surface area contributed by atoms with Gasteiger partial charge >= 0.3 is 5.82 Å². The Morgan fingerprint density at radius 3 is 3.00 bits per heavy atom. The van der Waals surface area contributed by atoms with Gasteiger partial charge in [0.1, 0.15) is 0 Å². The molecule has 0 N–H and O–H groups in total. The maximum atomic E-state index is 11.3. The molecule has 1 saturated carbocycles. The quantitative estimate of drug-likeness (QED) is 0.533. The minimum Gasteiger partial charge on any atom is -0.358 e. The first-order valence-electron chi connectivity index (χ1n) is 6.31. The van der Waals surface area contributed by atoms with Crippen molar-refractivity contribution in [3.8, 4) is 0 Å². The van der Waals surface area contributed by atoms with Crippen molar-refractivity contribution >= 4 is 23.2 Å². The SMILES string of the molecule is O=[N+]([O-])c1c(Sc2nnnn2C2CC2)nc2ccccn12. The fourth-order valence-corrected chi connectivity index (χ4v) is 3.02. The highest BCUT2D eigenvalue weighted by Crippen LogP contribution is 2.39. The molecule has 3 heterocycles.